The van der Waals surface area contributed by atoms with Gasteiger partial charge in [-0.1, -0.05) is 25.1 Å². The number of rotatable bonds is 8. The summed E-state index contributed by atoms with van der Waals surface area (Å²) in [5, 5.41) is 3.30. The van der Waals surface area contributed by atoms with E-state index in [9.17, 15) is 0 Å². The first-order chi connectivity index (χ1) is 8.27. The summed E-state index contributed by atoms with van der Waals surface area (Å²) in [6, 6.07) is 8.94. The van der Waals surface area contributed by atoms with Gasteiger partial charge in [-0.15, -0.1) is 11.8 Å². The standard InChI is InChI=1S/C14H23NOS/c1-4-9-16-10-13(15-3)11-17-14-8-6-5-7-12(14)2/h5-8,13,15H,4,9-11H2,1-3H3. The first-order valence-corrected chi connectivity index (χ1v) is 7.20. The van der Waals surface area contributed by atoms with Crippen molar-refractivity contribution in [3.05, 3.63) is 29.8 Å². The van der Waals surface area contributed by atoms with E-state index in [4.69, 9.17) is 4.74 Å². The molecule has 1 rings (SSSR count). The summed E-state index contributed by atoms with van der Waals surface area (Å²) in [5.74, 6) is 1.05. The number of likely N-dealkylation sites (N-methyl/N-ethyl adjacent to an activating group) is 1. The van der Waals surface area contributed by atoms with E-state index < -0.39 is 0 Å². The Balaban J connectivity index is 2.34. The number of thioether (sulfide) groups is 1. The first kappa shape index (κ1) is 14.6. The van der Waals surface area contributed by atoms with Crippen LogP contribution in [0, 0.1) is 6.92 Å². The fourth-order valence-corrected chi connectivity index (χ4v) is 2.61. The second-order valence-corrected chi connectivity index (χ2v) is 5.20. The minimum Gasteiger partial charge on any atom is -0.380 e. The Morgan fingerprint density at radius 1 is 1.35 bits per heavy atom. The molecule has 0 amide bonds. The predicted octanol–water partition coefficient (Wildman–Crippen LogP) is 3.10. The average molecular weight is 253 g/mol. The zero-order chi connectivity index (χ0) is 12.5. The third kappa shape index (κ3) is 5.57. The molecule has 0 bridgehead atoms. The lowest BCUT2D eigenvalue weighted by Gasteiger charge is -2.16. The van der Waals surface area contributed by atoms with Gasteiger partial charge in [0.1, 0.15) is 0 Å². The number of hydrogen-bond donors (Lipinski definition) is 1. The van der Waals surface area contributed by atoms with Crippen molar-refractivity contribution in [1.29, 1.82) is 0 Å². The van der Waals surface area contributed by atoms with Crippen molar-refractivity contribution < 1.29 is 4.74 Å². The molecule has 3 heteroatoms. The van der Waals surface area contributed by atoms with Gasteiger partial charge in [-0.25, -0.2) is 0 Å². The van der Waals surface area contributed by atoms with Gasteiger partial charge < -0.3 is 10.1 Å². The highest BCUT2D eigenvalue weighted by molar-refractivity contribution is 7.99. The van der Waals surface area contributed by atoms with E-state index in [1.165, 1.54) is 10.5 Å². The van der Waals surface area contributed by atoms with Crippen molar-refractivity contribution in [2.75, 3.05) is 26.0 Å². The second-order valence-electron chi connectivity index (χ2n) is 4.14. The molecule has 0 saturated carbocycles. The van der Waals surface area contributed by atoms with Crippen molar-refractivity contribution in [1.82, 2.24) is 5.32 Å². The Bertz CT molecular complexity index is 317. The summed E-state index contributed by atoms with van der Waals surface area (Å²) < 4.78 is 5.58. The highest BCUT2D eigenvalue weighted by Gasteiger charge is 2.07. The van der Waals surface area contributed by atoms with Crippen molar-refractivity contribution in [3.63, 3.8) is 0 Å². The highest BCUT2D eigenvalue weighted by Crippen LogP contribution is 2.22. The lowest BCUT2D eigenvalue weighted by molar-refractivity contribution is 0.119. The maximum atomic E-state index is 5.58. The molecule has 0 aliphatic heterocycles. The quantitative estimate of drug-likeness (QED) is 0.568. The Hall–Kier alpha value is -0.510. The van der Waals surface area contributed by atoms with Crippen LogP contribution in [0.5, 0.6) is 0 Å². The summed E-state index contributed by atoms with van der Waals surface area (Å²) in [6.07, 6.45) is 1.08. The van der Waals surface area contributed by atoms with E-state index in [0.717, 1.165) is 25.4 Å². The minimum absolute atomic E-state index is 0.422. The fourth-order valence-electron chi connectivity index (χ4n) is 1.49. The van der Waals surface area contributed by atoms with Crippen molar-refractivity contribution in [3.8, 4) is 0 Å². The van der Waals surface area contributed by atoms with Crippen LogP contribution < -0.4 is 5.32 Å². The molecule has 0 fully saturated rings. The van der Waals surface area contributed by atoms with E-state index in [-0.39, 0.29) is 0 Å². The van der Waals surface area contributed by atoms with E-state index in [0.29, 0.717) is 6.04 Å². The molecule has 2 nitrogen and oxygen atoms in total. The maximum Gasteiger partial charge on any atom is 0.0627 e. The summed E-state index contributed by atoms with van der Waals surface area (Å²) in [6.45, 7) is 5.94. The van der Waals surface area contributed by atoms with Crippen molar-refractivity contribution in [2.24, 2.45) is 0 Å². The topological polar surface area (TPSA) is 21.3 Å². The second kappa shape index (κ2) is 8.56. The van der Waals surface area contributed by atoms with Gasteiger partial charge in [0, 0.05) is 23.3 Å². The maximum absolute atomic E-state index is 5.58. The van der Waals surface area contributed by atoms with Crippen LogP contribution in [0.15, 0.2) is 29.2 Å². The van der Waals surface area contributed by atoms with E-state index in [1.54, 1.807) is 0 Å². The molecular formula is C14H23NOS. The van der Waals surface area contributed by atoms with Gasteiger partial charge >= 0.3 is 0 Å². The molecule has 1 unspecified atom stereocenters. The van der Waals surface area contributed by atoms with Gasteiger partial charge in [-0.2, -0.15) is 0 Å². The average Bonchev–Trinajstić information content (AvgIpc) is 2.35. The molecule has 0 spiro atoms. The van der Waals surface area contributed by atoms with E-state index >= 15 is 0 Å². The molecule has 0 aromatic heterocycles. The van der Waals surface area contributed by atoms with Crippen molar-refractivity contribution in [2.45, 2.75) is 31.2 Å². The molecule has 1 aromatic rings. The van der Waals surface area contributed by atoms with Crippen LogP contribution in [0.3, 0.4) is 0 Å². The smallest absolute Gasteiger partial charge is 0.0627 e. The number of ether oxygens (including phenoxy) is 1. The van der Waals surface area contributed by atoms with E-state index in [1.807, 2.05) is 18.8 Å². The van der Waals surface area contributed by atoms with Crippen LogP contribution in [-0.2, 0) is 4.74 Å². The Labute approximate surface area is 109 Å². The Kier molecular flexibility index (Phi) is 7.33. The molecule has 0 saturated heterocycles. The molecule has 1 N–H and O–H groups in total. The lowest BCUT2D eigenvalue weighted by Crippen LogP contribution is -2.32. The van der Waals surface area contributed by atoms with Gasteiger partial charge in [0.25, 0.3) is 0 Å². The van der Waals surface area contributed by atoms with Crippen LogP contribution in [0.1, 0.15) is 18.9 Å². The molecule has 1 atom stereocenters. The summed E-state index contributed by atoms with van der Waals surface area (Å²) >= 11 is 1.90. The van der Waals surface area contributed by atoms with Gasteiger partial charge in [0.05, 0.1) is 6.61 Å². The molecule has 0 radical (unpaired) electrons. The monoisotopic (exact) mass is 253 g/mol. The van der Waals surface area contributed by atoms with Crippen molar-refractivity contribution >= 4 is 11.8 Å². The molecule has 17 heavy (non-hydrogen) atoms. The predicted molar refractivity (Wildman–Crippen MR) is 75.9 cm³/mol. The molecule has 0 aliphatic rings. The van der Waals surface area contributed by atoms with Gasteiger partial charge in [-0.05, 0) is 32.0 Å². The fraction of sp³-hybridized carbons (Fsp3) is 0.571. The summed E-state index contributed by atoms with van der Waals surface area (Å²) in [4.78, 5) is 1.36. The van der Waals surface area contributed by atoms with Crippen LogP contribution in [0.4, 0.5) is 0 Å². The van der Waals surface area contributed by atoms with Gasteiger partial charge in [0.15, 0.2) is 0 Å². The normalized spacial score (nSPS) is 12.6. The Morgan fingerprint density at radius 2 is 2.12 bits per heavy atom. The molecule has 1 aromatic carbocycles. The zero-order valence-electron chi connectivity index (χ0n) is 11.0. The summed E-state index contributed by atoms with van der Waals surface area (Å²) in [5.41, 5.74) is 1.35. The lowest BCUT2D eigenvalue weighted by atomic mass is 10.2. The van der Waals surface area contributed by atoms with Crippen LogP contribution in [0.2, 0.25) is 0 Å². The third-order valence-corrected chi connectivity index (χ3v) is 3.95. The molecule has 0 aliphatic carbocycles. The summed E-state index contributed by atoms with van der Waals surface area (Å²) in [7, 11) is 2.00. The number of nitrogens with one attached hydrogen (secondary N) is 1. The highest BCUT2D eigenvalue weighted by atomic mass is 32.2. The van der Waals surface area contributed by atoms with Crippen LogP contribution in [-0.4, -0.2) is 32.1 Å². The SMILES string of the molecule is CCCOCC(CSc1ccccc1C)NC. The van der Waals surface area contributed by atoms with Gasteiger partial charge in [-0.3, -0.25) is 0 Å². The molecule has 0 heterocycles. The van der Waals surface area contributed by atoms with Crippen LogP contribution in [0.25, 0.3) is 0 Å². The van der Waals surface area contributed by atoms with Gasteiger partial charge in [0.2, 0.25) is 0 Å². The first-order valence-electron chi connectivity index (χ1n) is 6.21. The Morgan fingerprint density at radius 3 is 2.76 bits per heavy atom. The number of aryl methyl sites for hydroxylation is 1. The zero-order valence-corrected chi connectivity index (χ0v) is 11.8. The third-order valence-electron chi connectivity index (χ3n) is 2.61. The largest absolute Gasteiger partial charge is 0.380 e. The van der Waals surface area contributed by atoms with E-state index in [2.05, 4.69) is 43.4 Å². The molecule has 96 valence electrons. The number of benzene rings is 1. The molecular weight excluding hydrogens is 230 g/mol. The number of hydrogen-bond acceptors (Lipinski definition) is 3. The van der Waals surface area contributed by atoms with Crippen LogP contribution >= 0.6 is 11.8 Å². The minimum atomic E-state index is 0.422.